The van der Waals surface area contributed by atoms with Crippen LogP contribution in [-0.2, 0) is 4.79 Å². The first-order chi connectivity index (χ1) is 13.4. The van der Waals surface area contributed by atoms with Gasteiger partial charge in [0.05, 0.1) is 22.5 Å². The van der Waals surface area contributed by atoms with Crippen molar-refractivity contribution in [2.75, 3.05) is 7.11 Å². The molecule has 0 aromatic heterocycles. The Hall–Kier alpha value is -3.66. The van der Waals surface area contributed by atoms with E-state index < -0.39 is 22.0 Å². The Bertz CT molecular complexity index is 1030. The normalized spacial score (nSPS) is 14.7. The molecule has 0 unspecified atom stereocenters. The maximum absolute atomic E-state index is 12.3. The minimum Gasteiger partial charge on any atom is -0.493 e. The van der Waals surface area contributed by atoms with Gasteiger partial charge in [0.25, 0.3) is 16.8 Å². The van der Waals surface area contributed by atoms with E-state index in [0.717, 1.165) is 17.8 Å². The highest BCUT2D eigenvalue weighted by molar-refractivity contribution is 8.18. The number of non-ortho nitro benzene ring substituents is 1. The molecule has 1 saturated heterocycles. The van der Waals surface area contributed by atoms with Crippen molar-refractivity contribution in [3.8, 4) is 11.5 Å². The molecule has 9 nitrogen and oxygen atoms in total. The van der Waals surface area contributed by atoms with Crippen molar-refractivity contribution in [1.82, 2.24) is 5.32 Å². The molecule has 0 radical (unpaired) electrons. The van der Waals surface area contributed by atoms with Gasteiger partial charge in [-0.1, -0.05) is 12.1 Å². The molecule has 0 spiro atoms. The number of nitrogens with zero attached hydrogens (tertiary/aromatic N) is 1. The quantitative estimate of drug-likeness (QED) is 0.267. The van der Waals surface area contributed by atoms with Gasteiger partial charge in [-0.2, -0.15) is 0 Å². The first-order valence-corrected chi connectivity index (χ1v) is 8.58. The highest BCUT2D eigenvalue weighted by atomic mass is 32.2. The van der Waals surface area contributed by atoms with E-state index in [1.54, 1.807) is 6.07 Å². The van der Waals surface area contributed by atoms with Crippen LogP contribution in [0.15, 0.2) is 47.4 Å². The summed E-state index contributed by atoms with van der Waals surface area (Å²) in [5, 5.41) is 12.5. The van der Waals surface area contributed by atoms with E-state index in [1.807, 2.05) is 0 Å². The van der Waals surface area contributed by atoms with E-state index in [-0.39, 0.29) is 27.7 Å². The smallest absolute Gasteiger partial charge is 0.343 e. The monoisotopic (exact) mass is 400 g/mol. The zero-order valence-corrected chi connectivity index (χ0v) is 15.1. The second-order valence-electron chi connectivity index (χ2n) is 5.46. The number of esters is 1. The van der Waals surface area contributed by atoms with Gasteiger partial charge in [-0.3, -0.25) is 25.0 Å². The number of methoxy groups -OCH3 is 1. The van der Waals surface area contributed by atoms with Crippen LogP contribution in [0.2, 0.25) is 0 Å². The Kier molecular flexibility index (Phi) is 5.41. The summed E-state index contributed by atoms with van der Waals surface area (Å²) in [4.78, 5) is 45.6. The largest absolute Gasteiger partial charge is 0.493 e. The van der Waals surface area contributed by atoms with Crippen LogP contribution in [0.1, 0.15) is 15.9 Å². The Morgan fingerprint density at radius 3 is 2.61 bits per heavy atom. The van der Waals surface area contributed by atoms with Gasteiger partial charge >= 0.3 is 5.97 Å². The van der Waals surface area contributed by atoms with Crippen molar-refractivity contribution in [1.29, 1.82) is 0 Å². The summed E-state index contributed by atoms with van der Waals surface area (Å²) in [6.45, 7) is 0. The molecular formula is C18H12N2O7S. The molecule has 10 heteroatoms. The molecule has 2 aromatic carbocycles. The zero-order valence-electron chi connectivity index (χ0n) is 14.3. The number of ether oxygens (including phenoxy) is 2. The van der Waals surface area contributed by atoms with Gasteiger partial charge < -0.3 is 9.47 Å². The van der Waals surface area contributed by atoms with E-state index in [9.17, 15) is 24.5 Å². The third-order valence-corrected chi connectivity index (χ3v) is 4.43. The number of carbonyl (C=O) groups is 3. The molecule has 1 fully saturated rings. The molecule has 1 N–H and O–H groups in total. The predicted octanol–water partition coefficient (Wildman–Crippen LogP) is 3.15. The number of benzene rings is 2. The summed E-state index contributed by atoms with van der Waals surface area (Å²) in [6.07, 6.45) is 1.50. The van der Waals surface area contributed by atoms with Gasteiger partial charge in [0, 0.05) is 12.1 Å². The van der Waals surface area contributed by atoms with E-state index in [0.29, 0.717) is 5.56 Å². The lowest BCUT2D eigenvalue weighted by Gasteiger charge is -2.10. The van der Waals surface area contributed by atoms with Crippen LogP contribution < -0.4 is 14.8 Å². The Labute approximate surface area is 162 Å². The summed E-state index contributed by atoms with van der Waals surface area (Å²) >= 11 is 0.778. The summed E-state index contributed by atoms with van der Waals surface area (Å²) < 4.78 is 10.5. The molecule has 0 aliphatic carbocycles. The predicted molar refractivity (Wildman–Crippen MR) is 100 cm³/mol. The average Bonchev–Trinajstić information content (AvgIpc) is 2.99. The van der Waals surface area contributed by atoms with Crippen LogP contribution in [0.4, 0.5) is 10.5 Å². The number of nitro groups is 1. The van der Waals surface area contributed by atoms with Crippen LogP contribution in [-0.4, -0.2) is 29.1 Å². The fraction of sp³-hybridized carbons (Fsp3) is 0.0556. The molecule has 3 rings (SSSR count). The minimum atomic E-state index is -0.788. The molecule has 2 amide bonds. The molecule has 2 aromatic rings. The number of nitrogens with one attached hydrogen (secondary N) is 1. The first kappa shape index (κ1) is 19.1. The number of carbonyl (C=O) groups excluding carboxylic acids is 3. The van der Waals surface area contributed by atoms with Gasteiger partial charge in [0.1, 0.15) is 0 Å². The van der Waals surface area contributed by atoms with Crippen molar-refractivity contribution in [3.05, 3.63) is 68.6 Å². The van der Waals surface area contributed by atoms with Gasteiger partial charge in [0.15, 0.2) is 11.5 Å². The highest BCUT2D eigenvalue weighted by Crippen LogP contribution is 2.32. The molecular weight excluding hydrogens is 388 g/mol. The lowest BCUT2D eigenvalue weighted by Crippen LogP contribution is -2.17. The molecule has 1 aliphatic heterocycles. The number of amides is 2. The number of rotatable bonds is 5. The molecule has 0 bridgehead atoms. The number of imide groups is 1. The van der Waals surface area contributed by atoms with Crippen LogP contribution in [0.3, 0.4) is 0 Å². The van der Waals surface area contributed by atoms with Gasteiger partial charge in [-0.15, -0.1) is 0 Å². The number of thioether (sulfide) groups is 1. The Balaban J connectivity index is 1.83. The van der Waals surface area contributed by atoms with Crippen LogP contribution in [0.25, 0.3) is 6.08 Å². The van der Waals surface area contributed by atoms with Crippen molar-refractivity contribution in [3.63, 3.8) is 0 Å². The fourth-order valence-electron chi connectivity index (χ4n) is 2.34. The third-order valence-electron chi connectivity index (χ3n) is 3.62. The number of hydrogen-bond donors (Lipinski definition) is 1. The second-order valence-corrected chi connectivity index (χ2v) is 6.47. The Morgan fingerprint density at radius 1 is 1.18 bits per heavy atom. The van der Waals surface area contributed by atoms with Gasteiger partial charge in [0.2, 0.25) is 0 Å². The molecule has 0 atom stereocenters. The van der Waals surface area contributed by atoms with Gasteiger partial charge in [-0.25, -0.2) is 4.79 Å². The highest BCUT2D eigenvalue weighted by Gasteiger charge is 2.25. The first-order valence-electron chi connectivity index (χ1n) is 7.77. The lowest BCUT2D eigenvalue weighted by atomic mass is 10.1. The minimum absolute atomic E-state index is 0.0139. The molecule has 28 heavy (non-hydrogen) atoms. The van der Waals surface area contributed by atoms with Gasteiger partial charge in [-0.05, 0) is 41.6 Å². The van der Waals surface area contributed by atoms with Crippen molar-refractivity contribution < 1.29 is 28.8 Å². The van der Waals surface area contributed by atoms with E-state index in [2.05, 4.69) is 5.32 Å². The lowest BCUT2D eigenvalue weighted by molar-refractivity contribution is -0.384. The van der Waals surface area contributed by atoms with Crippen molar-refractivity contribution in [2.24, 2.45) is 0 Å². The SMILES string of the molecule is COc1cc(/C=C2\SC(=O)NC2=O)ccc1OC(=O)c1cccc([N+](=O)[O-])c1. The number of nitro benzene ring substituents is 1. The van der Waals surface area contributed by atoms with Crippen LogP contribution >= 0.6 is 11.8 Å². The van der Waals surface area contributed by atoms with E-state index in [4.69, 9.17) is 9.47 Å². The zero-order chi connectivity index (χ0) is 20.3. The maximum Gasteiger partial charge on any atom is 0.343 e. The van der Waals surface area contributed by atoms with Crippen LogP contribution in [0, 0.1) is 10.1 Å². The molecule has 142 valence electrons. The topological polar surface area (TPSA) is 125 Å². The Morgan fingerprint density at radius 2 is 1.96 bits per heavy atom. The molecule has 1 heterocycles. The van der Waals surface area contributed by atoms with Crippen molar-refractivity contribution in [2.45, 2.75) is 0 Å². The fourth-order valence-corrected chi connectivity index (χ4v) is 3.02. The van der Waals surface area contributed by atoms with Crippen LogP contribution in [0.5, 0.6) is 11.5 Å². The summed E-state index contributed by atoms with van der Waals surface area (Å²) in [5.74, 6) is -0.969. The summed E-state index contributed by atoms with van der Waals surface area (Å²) in [5.41, 5.74) is 0.338. The molecule has 1 aliphatic rings. The maximum atomic E-state index is 12.3. The van der Waals surface area contributed by atoms with E-state index in [1.165, 1.54) is 43.5 Å². The standard InChI is InChI=1S/C18H12N2O7S/c1-26-14-7-10(8-15-16(21)19-18(23)28-15)5-6-13(14)27-17(22)11-3-2-4-12(9-11)20(24)25/h2-9H,1H3,(H,19,21,23)/b15-8-. The van der Waals surface area contributed by atoms with Crippen molar-refractivity contribution >= 4 is 40.6 Å². The number of hydrogen-bond acceptors (Lipinski definition) is 8. The third kappa shape index (κ3) is 4.18. The average molecular weight is 400 g/mol. The second kappa shape index (κ2) is 7.92. The summed E-state index contributed by atoms with van der Waals surface area (Å²) in [7, 11) is 1.37. The molecule has 0 saturated carbocycles. The summed E-state index contributed by atoms with van der Waals surface area (Å²) in [6, 6.07) is 9.71. The van der Waals surface area contributed by atoms with E-state index >= 15 is 0 Å².